The van der Waals surface area contributed by atoms with Crippen molar-refractivity contribution in [3.63, 3.8) is 0 Å². The number of carbonyl (C=O) groups is 1. The van der Waals surface area contributed by atoms with Gasteiger partial charge in [-0.3, -0.25) is 4.79 Å². The fourth-order valence-corrected chi connectivity index (χ4v) is 2.77. The van der Waals surface area contributed by atoms with Crippen LogP contribution in [0.3, 0.4) is 0 Å². The second kappa shape index (κ2) is 4.93. The zero-order valence-electron chi connectivity index (χ0n) is 11.4. The van der Waals surface area contributed by atoms with Gasteiger partial charge in [0, 0.05) is 11.3 Å². The number of rotatable bonds is 2. The summed E-state index contributed by atoms with van der Waals surface area (Å²) in [6.45, 7) is 1.55. The van der Waals surface area contributed by atoms with Crippen LogP contribution >= 0.6 is 0 Å². The topological polar surface area (TPSA) is 58.7 Å². The number of imidazole rings is 1. The van der Waals surface area contributed by atoms with Crippen LogP contribution in [0.25, 0.3) is 5.69 Å². The minimum atomic E-state index is 0.00255. The Morgan fingerprint density at radius 3 is 2.90 bits per heavy atom. The van der Waals surface area contributed by atoms with Gasteiger partial charge in [0.1, 0.15) is 0 Å². The molecule has 20 heavy (non-hydrogen) atoms. The molecule has 4 nitrogen and oxygen atoms in total. The summed E-state index contributed by atoms with van der Waals surface area (Å²) in [5, 5.41) is 9.07. The van der Waals surface area contributed by atoms with E-state index in [1.165, 1.54) is 12.1 Å². The Labute approximate surface area is 117 Å². The summed E-state index contributed by atoms with van der Waals surface area (Å²) in [6.07, 6.45) is 6.06. The summed E-state index contributed by atoms with van der Waals surface area (Å²) in [4.78, 5) is 16.3. The molecule has 3 rings (SSSR count). The van der Waals surface area contributed by atoms with Crippen LogP contribution in [-0.4, -0.2) is 15.3 Å². The molecule has 1 aliphatic carbocycles. The molecule has 1 heterocycles. The molecule has 2 aromatic rings. The number of aromatic nitrogens is 2. The van der Waals surface area contributed by atoms with E-state index < -0.39 is 0 Å². The molecule has 1 aliphatic rings. The third kappa shape index (κ3) is 2.01. The molecule has 4 heteroatoms. The van der Waals surface area contributed by atoms with Crippen LogP contribution in [0.5, 0.6) is 0 Å². The first-order valence-electron chi connectivity index (χ1n) is 6.81. The van der Waals surface area contributed by atoms with E-state index in [2.05, 4.69) is 11.1 Å². The lowest BCUT2D eigenvalue weighted by Crippen LogP contribution is -2.10. The number of carbonyl (C=O) groups excluding carboxylic acids is 1. The van der Waals surface area contributed by atoms with E-state index in [1.807, 2.05) is 4.57 Å². The van der Waals surface area contributed by atoms with E-state index >= 15 is 0 Å². The molecular weight excluding hydrogens is 250 g/mol. The summed E-state index contributed by atoms with van der Waals surface area (Å²) >= 11 is 0. The quantitative estimate of drug-likeness (QED) is 0.784. The van der Waals surface area contributed by atoms with Gasteiger partial charge in [0.25, 0.3) is 0 Å². The first kappa shape index (κ1) is 12.6. The maximum atomic E-state index is 11.8. The van der Waals surface area contributed by atoms with Crippen LogP contribution in [0.4, 0.5) is 0 Å². The van der Waals surface area contributed by atoms with Gasteiger partial charge in [-0.25, -0.2) is 4.98 Å². The zero-order valence-corrected chi connectivity index (χ0v) is 11.4. The van der Waals surface area contributed by atoms with Crippen LogP contribution in [0.15, 0.2) is 24.5 Å². The smallest absolute Gasteiger partial charge is 0.161 e. The molecule has 0 spiro atoms. The second-order valence-corrected chi connectivity index (χ2v) is 5.11. The summed E-state index contributed by atoms with van der Waals surface area (Å²) in [5.74, 6) is 0.00255. The molecule has 0 atom stereocenters. The van der Waals surface area contributed by atoms with Gasteiger partial charge in [0.05, 0.1) is 29.3 Å². The average Bonchev–Trinajstić information content (AvgIpc) is 2.90. The molecule has 0 amide bonds. The van der Waals surface area contributed by atoms with Crippen molar-refractivity contribution in [1.82, 2.24) is 9.55 Å². The molecule has 0 saturated heterocycles. The van der Waals surface area contributed by atoms with Gasteiger partial charge < -0.3 is 4.57 Å². The SMILES string of the molecule is CC(=O)c1ccc(C#N)cc1-n1cnc2c1CCCC2. The second-order valence-electron chi connectivity index (χ2n) is 5.11. The van der Waals surface area contributed by atoms with Crippen molar-refractivity contribution >= 4 is 5.78 Å². The molecule has 0 bridgehead atoms. The third-order valence-electron chi connectivity index (χ3n) is 3.80. The minimum absolute atomic E-state index is 0.00255. The number of nitriles is 1. The number of fused-ring (bicyclic) bond motifs is 1. The molecular formula is C16H15N3O. The number of Topliss-reactive ketones (excluding diaryl/α,β-unsaturated/α-hetero) is 1. The highest BCUT2D eigenvalue weighted by atomic mass is 16.1. The summed E-state index contributed by atoms with van der Waals surface area (Å²) in [6, 6.07) is 7.31. The van der Waals surface area contributed by atoms with Crippen molar-refractivity contribution in [2.24, 2.45) is 0 Å². The monoisotopic (exact) mass is 265 g/mol. The number of nitrogens with zero attached hydrogens (tertiary/aromatic N) is 3. The van der Waals surface area contributed by atoms with Crippen LogP contribution in [0.1, 0.15) is 47.1 Å². The molecule has 0 fully saturated rings. The van der Waals surface area contributed by atoms with E-state index in [9.17, 15) is 4.79 Å². The number of benzene rings is 1. The van der Waals surface area contributed by atoms with Crippen molar-refractivity contribution in [2.45, 2.75) is 32.6 Å². The third-order valence-corrected chi connectivity index (χ3v) is 3.80. The lowest BCUT2D eigenvalue weighted by Gasteiger charge is -2.16. The highest BCUT2D eigenvalue weighted by Gasteiger charge is 2.19. The van der Waals surface area contributed by atoms with Gasteiger partial charge in [-0.15, -0.1) is 0 Å². The predicted octanol–water partition coefficient (Wildman–Crippen LogP) is 2.83. The first-order chi connectivity index (χ1) is 9.70. The van der Waals surface area contributed by atoms with E-state index in [-0.39, 0.29) is 5.78 Å². The highest BCUT2D eigenvalue weighted by Crippen LogP contribution is 2.25. The maximum absolute atomic E-state index is 11.8. The molecule has 0 aliphatic heterocycles. The van der Waals surface area contributed by atoms with E-state index in [1.54, 1.807) is 31.5 Å². The Morgan fingerprint density at radius 1 is 1.35 bits per heavy atom. The Balaban J connectivity index is 2.20. The number of aryl methyl sites for hydroxylation is 1. The molecule has 1 aromatic heterocycles. The molecule has 0 radical (unpaired) electrons. The zero-order chi connectivity index (χ0) is 14.1. The fraction of sp³-hybridized carbons (Fsp3) is 0.312. The Bertz CT molecular complexity index is 722. The number of ketones is 1. The highest BCUT2D eigenvalue weighted by molar-refractivity contribution is 5.98. The van der Waals surface area contributed by atoms with Gasteiger partial charge in [-0.2, -0.15) is 5.26 Å². The summed E-state index contributed by atoms with van der Waals surface area (Å²) in [5.41, 5.74) is 4.26. The summed E-state index contributed by atoms with van der Waals surface area (Å²) in [7, 11) is 0. The van der Waals surface area contributed by atoms with Crippen LogP contribution in [0, 0.1) is 11.3 Å². The van der Waals surface area contributed by atoms with E-state index in [4.69, 9.17) is 5.26 Å². The largest absolute Gasteiger partial charge is 0.302 e. The van der Waals surface area contributed by atoms with E-state index in [0.29, 0.717) is 11.1 Å². The van der Waals surface area contributed by atoms with Crippen LogP contribution in [0.2, 0.25) is 0 Å². The maximum Gasteiger partial charge on any atom is 0.161 e. The average molecular weight is 265 g/mol. The van der Waals surface area contributed by atoms with Crippen molar-refractivity contribution in [1.29, 1.82) is 5.26 Å². The van der Waals surface area contributed by atoms with Gasteiger partial charge in [0.2, 0.25) is 0 Å². The van der Waals surface area contributed by atoms with Gasteiger partial charge in [0.15, 0.2) is 5.78 Å². The predicted molar refractivity (Wildman–Crippen MR) is 74.9 cm³/mol. The van der Waals surface area contributed by atoms with Crippen molar-refractivity contribution < 1.29 is 4.79 Å². The normalized spacial score (nSPS) is 13.6. The molecule has 0 N–H and O–H groups in total. The van der Waals surface area contributed by atoms with Gasteiger partial charge in [-0.05, 0) is 50.8 Å². The van der Waals surface area contributed by atoms with Crippen molar-refractivity contribution in [3.05, 3.63) is 47.0 Å². The van der Waals surface area contributed by atoms with Gasteiger partial charge >= 0.3 is 0 Å². The molecule has 100 valence electrons. The van der Waals surface area contributed by atoms with E-state index in [0.717, 1.165) is 30.6 Å². The lowest BCUT2D eigenvalue weighted by molar-refractivity contribution is 0.101. The lowest BCUT2D eigenvalue weighted by atomic mass is 10.00. The Kier molecular flexibility index (Phi) is 3.11. The molecule has 1 aromatic carbocycles. The standard InChI is InChI=1S/C16H15N3O/c1-11(20)13-7-6-12(9-17)8-16(13)19-10-18-14-4-2-3-5-15(14)19/h6-8,10H,2-5H2,1H3. The number of hydrogen-bond donors (Lipinski definition) is 0. The molecule has 0 saturated carbocycles. The van der Waals surface area contributed by atoms with Crippen molar-refractivity contribution in [2.75, 3.05) is 0 Å². The first-order valence-corrected chi connectivity index (χ1v) is 6.81. The Morgan fingerprint density at radius 2 is 2.15 bits per heavy atom. The number of hydrogen-bond acceptors (Lipinski definition) is 3. The molecule has 0 unspecified atom stereocenters. The Hall–Kier alpha value is -2.41. The summed E-state index contributed by atoms with van der Waals surface area (Å²) < 4.78 is 1.98. The minimum Gasteiger partial charge on any atom is -0.302 e. The van der Waals surface area contributed by atoms with Crippen molar-refractivity contribution in [3.8, 4) is 11.8 Å². The van der Waals surface area contributed by atoms with Crippen LogP contribution in [-0.2, 0) is 12.8 Å². The van der Waals surface area contributed by atoms with Crippen LogP contribution < -0.4 is 0 Å². The fourth-order valence-electron chi connectivity index (χ4n) is 2.77. The van der Waals surface area contributed by atoms with Gasteiger partial charge in [-0.1, -0.05) is 0 Å².